The number of nitrogens with zero attached hydrogens (tertiary/aromatic N) is 5. The van der Waals surface area contributed by atoms with Crippen LogP contribution in [-0.2, 0) is 6.54 Å². The van der Waals surface area contributed by atoms with Crippen molar-refractivity contribution in [1.82, 2.24) is 30.4 Å². The number of rotatable bonds is 4. The van der Waals surface area contributed by atoms with E-state index in [1.807, 2.05) is 6.07 Å². The first-order valence-corrected chi connectivity index (χ1v) is 5.58. The van der Waals surface area contributed by atoms with E-state index in [9.17, 15) is 4.39 Å². The highest BCUT2D eigenvalue weighted by Gasteiger charge is 2.06. The quantitative estimate of drug-likeness (QED) is 0.734. The van der Waals surface area contributed by atoms with Crippen LogP contribution in [-0.4, -0.2) is 30.4 Å². The van der Waals surface area contributed by atoms with Gasteiger partial charge in [-0.3, -0.25) is 5.10 Å². The maximum absolute atomic E-state index is 13.7. The van der Waals surface area contributed by atoms with Crippen molar-refractivity contribution >= 4 is 5.69 Å². The van der Waals surface area contributed by atoms with Gasteiger partial charge >= 0.3 is 0 Å². The first kappa shape index (κ1) is 11.3. The molecule has 96 valence electrons. The molecule has 2 heterocycles. The van der Waals surface area contributed by atoms with Crippen molar-refractivity contribution in [3.63, 3.8) is 0 Å². The number of aromatic amines is 1. The summed E-state index contributed by atoms with van der Waals surface area (Å²) in [5, 5.41) is 20.5. The van der Waals surface area contributed by atoms with Crippen LogP contribution in [0.1, 0.15) is 5.69 Å². The van der Waals surface area contributed by atoms with Gasteiger partial charge in [-0.15, -0.1) is 5.10 Å². The molecule has 0 spiro atoms. The smallest absolute Gasteiger partial charge is 0.146 e. The lowest BCUT2D eigenvalue weighted by molar-refractivity contribution is 0.629. The SMILES string of the molecule is Fc1ccc(-n2cnnn2)cc1NCc1ccn[nH]1. The summed E-state index contributed by atoms with van der Waals surface area (Å²) in [6, 6.07) is 6.43. The number of anilines is 1. The van der Waals surface area contributed by atoms with E-state index in [-0.39, 0.29) is 5.82 Å². The number of hydrogen-bond donors (Lipinski definition) is 2. The molecular weight excluding hydrogens is 249 g/mol. The van der Waals surface area contributed by atoms with E-state index in [4.69, 9.17) is 0 Å². The molecular formula is C11H10FN7. The highest BCUT2D eigenvalue weighted by Crippen LogP contribution is 2.18. The van der Waals surface area contributed by atoms with E-state index >= 15 is 0 Å². The van der Waals surface area contributed by atoms with Crippen LogP contribution in [0.25, 0.3) is 5.69 Å². The highest BCUT2D eigenvalue weighted by atomic mass is 19.1. The molecule has 0 aliphatic rings. The highest BCUT2D eigenvalue weighted by molar-refractivity contribution is 5.52. The maximum atomic E-state index is 13.7. The number of aromatic nitrogens is 6. The Bertz CT molecular complexity index is 648. The topological polar surface area (TPSA) is 84.3 Å². The Morgan fingerprint density at radius 3 is 3.00 bits per heavy atom. The average molecular weight is 259 g/mol. The molecule has 0 unspecified atom stereocenters. The molecule has 0 fully saturated rings. The molecule has 8 heteroatoms. The van der Waals surface area contributed by atoms with Crippen LogP contribution in [0.15, 0.2) is 36.8 Å². The standard InChI is InChI=1S/C11H10FN7/c12-10-2-1-9(19-7-15-17-18-19)5-11(10)13-6-8-3-4-14-16-8/h1-5,7,13H,6H2,(H,14,16). The lowest BCUT2D eigenvalue weighted by atomic mass is 10.2. The number of hydrogen-bond acceptors (Lipinski definition) is 5. The van der Waals surface area contributed by atoms with Gasteiger partial charge in [-0.2, -0.15) is 5.10 Å². The number of halogens is 1. The van der Waals surface area contributed by atoms with Gasteiger partial charge in [0.05, 0.1) is 23.6 Å². The summed E-state index contributed by atoms with van der Waals surface area (Å²) in [6.45, 7) is 0.454. The molecule has 0 bridgehead atoms. The lowest BCUT2D eigenvalue weighted by Gasteiger charge is -2.08. The molecule has 2 N–H and O–H groups in total. The lowest BCUT2D eigenvalue weighted by Crippen LogP contribution is -2.04. The summed E-state index contributed by atoms with van der Waals surface area (Å²) < 4.78 is 15.1. The third-order valence-corrected chi connectivity index (χ3v) is 2.59. The van der Waals surface area contributed by atoms with Crippen molar-refractivity contribution in [2.75, 3.05) is 5.32 Å². The molecule has 0 aliphatic heterocycles. The van der Waals surface area contributed by atoms with E-state index in [1.165, 1.54) is 17.1 Å². The Balaban J connectivity index is 1.82. The van der Waals surface area contributed by atoms with Gasteiger partial charge in [0.15, 0.2) is 0 Å². The second kappa shape index (κ2) is 4.84. The van der Waals surface area contributed by atoms with E-state index < -0.39 is 0 Å². The summed E-state index contributed by atoms with van der Waals surface area (Å²) in [5.74, 6) is -0.337. The van der Waals surface area contributed by atoms with Crippen molar-refractivity contribution in [2.45, 2.75) is 6.54 Å². The third-order valence-electron chi connectivity index (χ3n) is 2.59. The zero-order chi connectivity index (χ0) is 13.1. The fourth-order valence-corrected chi connectivity index (χ4v) is 1.64. The van der Waals surface area contributed by atoms with Gasteiger partial charge in [0, 0.05) is 6.20 Å². The number of nitrogens with one attached hydrogen (secondary N) is 2. The van der Waals surface area contributed by atoms with Crippen LogP contribution in [0.3, 0.4) is 0 Å². The summed E-state index contributed by atoms with van der Waals surface area (Å²) in [6.07, 6.45) is 3.09. The van der Waals surface area contributed by atoms with Crippen molar-refractivity contribution in [3.8, 4) is 5.69 Å². The molecule has 19 heavy (non-hydrogen) atoms. The maximum Gasteiger partial charge on any atom is 0.146 e. The normalized spacial score (nSPS) is 10.6. The Labute approximate surface area is 107 Å². The van der Waals surface area contributed by atoms with Crippen LogP contribution in [0.2, 0.25) is 0 Å². The first-order valence-electron chi connectivity index (χ1n) is 5.58. The van der Waals surface area contributed by atoms with Gasteiger partial charge in [0.1, 0.15) is 12.1 Å². The van der Waals surface area contributed by atoms with Gasteiger partial charge in [-0.1, -0.05) is 0 Å². The van der Waals surface area contributed by atoms with E-state index in [0.717, 1.165) is 5.69 Å². The van der Waals surface area contributed by atoms with Crippen LogP contribution in [0.4, 0.5) is 10.1 Å². The molecule has 0 atom stereocenters. The summed E-state index contributed by atoms with van der Waals surface area (Å²) in [5.41, 5.74) is 1.92. The van der Waals surface area contributed by atoms with Gasteiger partial charge < -0.3 is 5.32 Å². The Morgan fingerprint density at radius 2 is 2.26 bits per heavy atom. The molecule has 3 aromatic rings. The van der Waals surface area contributed by atoms with Crippen molar-refractivity contribution < 1.29 is 4.39 Å². The van der Waals surface area contributed by atoms with Crippen molar-refractivity contribution in [1.29, 1.82) is 0 Å². The summed E-state index contributed by atoms with van der Waals surface area (Å²) >= 11 is 0. The minimum atomic E-state index is -0.337. The molecule has 1 aromatic carbocycles. The molecule has 0 amide bonds. The Morgan fingerprint density at radius 1 is 1.32 bits per heavy atom. The first-order chi connectivity index (χ1) is 9.33. The van der Waals surface area contributed by atoms with Crippen molar-refractivity contribution in [2.24, 2.45) is 0 Å². The van der Waals surface area contributed by atoms with Crippen LogP contribution in [0, 0.1) is 5.82 Å². The predicted octanol–water partition coefficient (Wildman–Crippen LogP) is 1.14. The van der Waals surface area contributed by atoms with Crippen molar-refractivity contribution in [3.05, 3.63) is 48.3 Å². The van der Waals surface area contributed by atoms with Gasteiger partial charge in [-0.25, -0.2) is 9.07 Å². The predicted molar refractivity (Wildman–Crippen MR) is 65.0 cm³/mol. The second-order valence-corrected chi connectivity index (χ2v) is 3.85. The second-order valence-electron chi connectivity index (χ2n) is 3.85. The van der Waals surface area contributed by atoms with E-state index in [2.05, 4.69) is 31.0 Å². The number of benzene rings is 1. The minimum Gasteiger partial charge on any atom is -0.377 e. The Hall–Kier alpha value is -2.77. The molecule has 0 saturated heterocycles. The van der Waals surface area contributed by atoms with Crippen LogP contribution in [0.5, 0.6) is 0 Å². The third kappa shape index (κ3) is 2.41. The van der Waals surface area contributed by atoms with Gasteiger partial charge in [0.2, 0.25) is 0 Å². The monoisotopic (exact) mass is 259 g/mol. The van der Waals surface area contributed by atoms with Crippen LogP contribution >= 0.6 is 0 Å². The zero-order valence-electron chi connectivity index (χ0n) is 9.79. The number of H-pyrrole nitrogens is 1. The molecule has 2 aromatic heterocycles. The molecule has 7 nitrogen and oxygen atoms in total. The summed E-state index contributed by atoms with van der Waals surface area (Å²) in [4.78, 5) is 0. The van der Waals surface area contributed by atoms with Gasteiger partial charge in [-0.05, 0) is 34.7 Å². The minimum absolute atomic E-state index is 0.337. The van der Waals surface area contributed by atoms with E-state index in [1.54, 1.807) is 18.3 Å². The molecule has 0 aliphatic carbocycles. The molecule has 3 rings (SSSR count). The fraction of sp³-hybridized carbons (Fsp3) is 0.0909. The molecule has 0 radical (unpaired) electrons. The average Bonchev–Trinajstić information content (AvgIpc) is 3.11. The zero-order valence-corrected chi connectivity index (χ0v) is 9.79. The van der Waals surface area contributed by atoms with Crippen LogP contribution < -0.4 is 5.32 Å². The fourth-order valence-electron chi connectivity index (χ4n) is 1.64. The Kier molecular flexibility index (Phi) is 2.89. The van der Waals surface area contributed by atoms with Gasteiger partial charge in [0.25, 0.3) is 0 Å². The van der Waals surface area contributed by atoms with E-state index in [0.29, 0.717) is 17.9 Å². The number of tetrazole rings is 1. The largest absolute Gasteiger partial charge is 0.377 e. The molecule has 0 saturated carbocycles. The summed E-state index contributed by atoms with van der Waals surface area (Å²) in [7, 11) is 0.